The van der Waals surface area contributed by atoms with E-state index < -0.39 is 0 Å². The van der Waals surface area contributed by atoms with Crippen molar-refractivity contribution < 1.29 is 0 Å². The molecule has 3 nitrogen and oxygen atoms in total. The van der Waals surface area contributed by atoms with Crippen molar-refractivity contribution in [2.24, 2.45) is 0 Å². The third-order valence-electron chi connectivity index (χ3n) is 2.62. The van der Waals surface area contributed by atoms with Gasteiger partial charge in [0.05, 0.1) is 10.7 Å². The minimum Gasteiger partial charge on any atom is -0.399 e. The second-order valence-electron chi connectivity index (χ2n) is 3.86. The summed E-state index contributed by atoms with van der Waals surface area (Å²) in [6, 6.07) is 11.4. The number of fused-ring (bicyclic) bond motifs is 1. The zero-order valence-electron chi connectivity index (χ0n) is 8.97. The van der Waals surface area contributed by atoms with Gasteiger partial charge in [0, 0.05) is 23.6 Å². The number of rotatable bonds is 1. The Morgan fingerprint density at radius 1 is 1.00 bits per heavy atom. The Balaban J connectivity index is 2.14. The van der Waals surface area contributed by atoms with E-state index in [9.17, 15) is 0 Å². The number of pyridine rings is 1. The number of nitrogens with two attached hydrogens (primary N) is 1. The van der Waals surface area contributed by atoms with Crippen LogP contribution in [0.15, 0.2) is 48.8 Å². The predicted molar refractivity (Wildman–Crippen MR) is 70.1 cm³/mol. The Kier molecular flexibility index (Phi) is 2.27. The molecular weight excluding hydrogens is 234 g/mol. The fraction of sp³-hybridized carbons (Fsp3) is 0. The number of nitrogens with zero attached hydrogens (tertiary/aromatic N) is 2. The molecule has 3 rings (SSSR count). The van der Waals surface area contributed by atoms with Gasteiger partial charge in [0.25, 0.3) is 0 Å². The molecule has 0 bridgehead atoms. The maximum Gasteiger partial charge on any atom is 0.137 e. The summed E-state index contributed by atoms with van der Waals surface area (Å²) < 4.78 is 1.91. The molecule has 3 aromatic rings. The number of hydrogen-bond acceptors (Lipinski definition) is 2. The van der Waals surface area contributed by atoms with Crippen LogP contribution in [0.4, 0.5) is 5.69 Å². The number of halogens is 1. The lowest BCUT2D eigenvalue weighted by Crippen LogP contribution is -1.83. The van der Waals surface area contributed by atoms with Crippen LogP contribution in [0.2, 0.25) is 5.02 Å². The van der Waals surface area contributed by atoms with E-state index in [1.165, 1.54) is 0 Å². The summed E-state index contributed by atoms with van der Waals surface area (Å²) >= 11 is 5.93. The number of nitrogen functional groups attached to an aromatic ring is 1. The first-order chi connectivity index (χ1) is 8.22. The maximum atomic E-state index is 5.93. The van der Waals surface area contributed by atoms with Crippen LogP contribution in [0, 0.1) is 0 Å². The molecule has 2 heterocycles. The van der Waals surface area contributed by atoms with Crippen LogP contribution in [0.25, 0.3) is 16.9 Å². The van der Waals surface area contributed by atoms with Crippen molar-refractivity contribution in [3.05, 3.63) is 53.8 Å². The second-order valence-corrected chi connectivity index (χ2v) is 4.30. The van der Waals surface area contributed by atoms with Gasteiger partial charge in [0.15, 0.2) is 0 Å². The van der Waals surface area contributed by atoms with E-state index in [1.807, 2.05) is 53.2 Å². The van der Waals surface area contributed by atoms with Crippen molar-refractivity contribution >= 4 is 22.9 Å². The van der Waals surface area contributed by atoms with Gasteiger partial charge >= 0.3 is 0 Å². The Morgan fingerprint density at radius 2 is 1.76 bits per heavy atom. The van der Waals surface area contributed by atoms with Crippen molar-refractivity contribution in [2.75, 3.05) is 5.73 Å². The molecule has 0 amide bonds. The second kappa shape index (κ2) is 3.79. The molecule has 0 aliphatic heterocycles. The smallest absolute Gasteiger partial charge is 0.137 e. The number of benzene rings is 1. The van der Waals surface area contributed by atoms with Crippen LogP contribution in [0.3, 0.4) is 0 Å². The predicted octanol–water partition coefficient (Wildman–Crippen LogP) is 3.24. The van der Waals surface area contributed by atoms with Crippen molar-refractivity contribution in [1.29, 1.82) is 0 Å². The fourth-order valence-electron chi connectivity index (χ4n) is 1.76. The fourth-order valence-corrected chi connectivity index (χ4v) is 1.93. The van der Waals surface area contributed by atoms with Crippen LogP contribution in [-0.2, 0) is 0 Å². The van der Waals surface area contributed by atoms with Gasteiger partial charge in [-0.2, -0.15) is 0 Å². The van der Waals surface area contributed by atoms with E-state index in [0.29, 0.717) is 5.02 Å². The normalized spacial score (nSPS) is 10.9. The summed E-state index contributed by atoms with van der Waals surface area (Å²) in [7, 11) is 0. The number of aromatic nitrogens is 2. The summed E-state index contributed by atoms with van der Waals surface area (Å²) in [6.45, 7) is 0. The van der Waals surface area contributed by atoms with Crippen molar-refractivity contribution in [1.82, 2.24) is 9.38 Å². The third-order valence-corrected chi connectivity index (χ3v) is 2.84. The Hall–Kier alpha value is -2.00. The number of anilines is 1. The van der Waals surface area contributed by atoms with Gasteiger partial charge in [-0.3, -0.25) is 0 Å². The molecule has 0 radical (unpaired) electrons. The molecule has 1 aromatic carbocycles. The minimum absolute atomic E-state index is 0.693. The first kappa shape index (κ1) is 10.2. The van der Waals surface area contributed by atoms with Gasteiger partial charge in [-0.05, 0) is 24.3 Å². The summed E-state index contributed by atoms with van der Waals surface area (Å²) in [4.78, 5) is 4.52. The van der Waals surface area contributed by atoms with Crippen LogP contribution < -0.4 is 5.73 Å². The zero-order chi connectivity index (χ0) is 11.8. The lowest BCUT2D eigenvalue weighted by Gasteiger charge is -1.96. The quantitative estimate of drug-likeness (QED) is 0.667. The monoisotopic (exact) mass is 243 g/mol. The van der Waals surface area contributed by atoms with Gasteiger partial charge in [-0.15, -0.1) is 0 Å². The molecule has 2 aromatic heterocycles. The summed E-state index contributed by atoms with van der Waals surface area (Å²) in [5.74, 6) is 0. The maximum absolute atomic E-state index is 5.93. The highest BCUT2D eigenvalue weighted by Crippen LogP contribution is 2.21. The first-order valence-corrected chi connectivity index (χ1v) is 5.60. The summed E-state index contributed by atoms with van der Waals surface area (Å²) in [5.41, 5.74) is 9.23. The van der Waals surface area contributed by atoms with E-state index in [1.54, 1.807) is 0 Å². The van der Waals surface area contributed by atoms with Crippen LogP contribution in [0.1, 0.15) is 0 Å². The van der Waals surface area contributed by atoms with Gasteiger partial charge in [0.2, 0.25) is 0 Å². The van der Waals surface area contributed by atoms with Gasteiger partial charge in [-0.25, -0.2) is 4.98 Å². The minimum atomic E-state index is 0.693. The largest absolute Gasteiger partial charge is 0.399 e. The lowest BCUT2D eigenvalue weighted by atomic mass is 10.1. The highest BCUT2D eigenvalue weighted by Gasteiger charge is 2.04. The topological polar surface area (TPSA) is 43.3 Å². The van der Waals surface area contributed by atoms with Gasteiger partial charge < -0.3 is 10.1 Å². The molecule has 0 aliphatic rings. The average molecular weight is 244 g/mol. The molecule has 0 atom stereocenters. The van der Waals surface area contributed by atoms with E-state index in [-0.39, 0.29) is 0 Å². The molecule has 0 saturated carbocycles. The molecule has 0 fully saturated rings. The number of imidazole rings is 1. The van der Waals surface area contributed by atoms with Crippen molar-refractivity contribution in [3.8, 4) is 11.3 Å². The van der Waals surface area contributed by atoms with E-state index in [4.69, 9.17) is 17.3 Å². The molecule has 0 aliphatic carbocycles. The molecule has 0 unspecified atom stereocenters. The van der Waals surface area contributed by atoms with Gasteiger partial charge in [0.1, 0.15) is 5.65 Å². The SMILES string of the molecule is Nc1ccc(-c2cn3cc(Cl)ccc3n2)cc1. The van der Waals surface area contributed by atoms with Crippen LogP contribution in [-0.4, -0.2) is 9.38 Å². The molecule has 0 spiro atoms. The third kappa shape index (κ3) is 1.85. The Morgan fingerprint density at radius 3 is 2.53 bits per heavy atom. The van der Waals surface area contributed by atoms with Crippen LogP contribution in [0.5, 0.6) is 0 Å². The zero-order valence-corrected chi connectivity index (χ0v) is 9.72. The molecule has 17 heavy (non-hydrogen) atoms. The Labute approximate surface area is 103 Å². The van der Waals surface area contributed by atoms with Crippen LogP contribution >= 0.6 is 11.6 Å². The van der Waals surface area contributed by atoms with E-state index >= 15 is 0 Å². The molecular formula is C13H10ClN3. The van der Waals surface area contributed by atoms with Crippen molar-refractivity contribution in [2.45, 2.75) is 0 Å². The summed E-state index contributed by atoms with van der Waals surface area (Å²) in [5, 5.41) is 0.693. The molecule has 2 N–H and O–H groups in total. The standard InChI is InChI=1S/C13H10ClN3/c14-10-3-6-13-16-12(8-17(13)7-10)9-1-4-11(15)5-2-9/h1-8H,15H2. The first-order valence-electron chi connectivity index (χ1n) is 5.22. The van der Waals surface area contributed by atoms with E-state index in [0.717, 1.165) is 22.6 Å². The van der Waals surface area contributed by atoms with Crippen molar-refractivity contribution in [3.63, 3.8) is 0 Å². The number of hydrogen-bond donors (Lipinski definition) is 1. The lowest BCUT2D eigenvalue weighted by molar-refractivity contribution is 1.19. The highest BCUT2D eigenvalue weighted by molar-refractivity contribution is 6.30. The highest BCUT2D eigenvalue weighted by atomic mass is 35.5. The summed E-state index contributed by atoms with van der Waals surface area (Å²) in [6.07, 6.45) is 3.79. The average Bonchev–Trinajstić information content (AvgIpc) is 2.72. The molecule has 4 heteroatoms. The molecule has 84 valence electrons. The van der Waals surface area contributed by atoms with Gasteiger partial charge in [-0.1, -0.05) is 23.7 Å². The Bertz CT molecular complexity index is 671. The van der Waals surface area contributed by atoms with E-state index in [2.05, 4.69) is 4.98 Å². The molecule has 0 saturated heterocycles.